The lowest BCUT2D eigenvalue weighted by Gasteiger charge is -2.29. The lowest BCUT2D eigenvalue weighted by atomic mass is 10.1. The number of aryl methyl sites for hydroxylation is 1. The third-order valence-corrected chi connectivity index (χ3v) is 3.47. The van der Waals surface area contributed by atoms with Gasteiger partial charge in [-0.05, 0) is 31.5 Å². The van der Waals surface area contributed by atoms with Gasteiger partial charge in [0.1, 0.15) is 6.04 Å². The summed E-state index contributed by atoms with van der Waals surface area (Å²) in [6.45, 7) is 4.28. The molecule has 0 aromatic heterocycles. The number of anilines is 1. The number of carboxylic acids is 1. The Balaban J connectivity index is 2.33. The molecule has 1 amide bonds. The third-order valence-electron chi connectivity index (χ3n) is 3.47. The van der Waals surface area contributed by atoms with Crippen LogP contribution in [0.25, 0.3) is 0 Å². The molecule has 5 heteroatoms. The number of hydrogen-bond acceptors (Lipinski definition) is 3. The van der Waals surface area contributed by atoms with Crippen LogP contribution in [0.4, 0.5) is 5.69 Å². The number of carbonyl (C=O) groups excluding carboxylic acids is 1. The number of aliphatic carboxylic acids is 1. The van der Waals surface area contributed by atoms with E-state index in [-0.39, 0.29) is 18.5 Å². The van der Waals surface area contributed by atoms with Gasteiger partial charge in [-0.1, -0.05) is 12.1 Å². The highest BCUT2D eigenvalue weighted by molar-refractivity contribution is 5.86. The van der Waals surface area contributed by atoms with Gasteiger partial charge in [0.15, 0.2) is 0 Å². The van der Waals surface area contributed by atoms with E-state index >= 15 is 0 Å². The molecule has 1 fully saturated rings. The molecule has 2 unspecified atom stereocenters. The van der Waals surface area contributed by atoms with Crippen LogP contribution in [0.2, 0.25) is 0 Å². The highest BCUT2D eigenvalue weighted by atomic mass is 16.4. The predicted molar refractivity (Wildman–Crippen MR) is 72.1 cm³/mol. The summed E-state index contributed by atoms with van der Waals surface area (Å²) in [6, 6.07) is 7.39. The van der Waals surface area contributed by atoms with E-state index < -0.39 is 11.9 Å². The van der Waals surface area contributed by atoms with Crippen LogP contribution in [-0.4, -0.2) is 36.1 Å². The van der Waals surface area contributed by atoms with Crippen LogP contribution in [-0.2, 0) is 9.59 Å². The Morgan fingerprint density at radius 1 is 1.47 bits per heavy atom. The Bertz CT molecular complexity index is 501. The maximum atomic E-state index is 11.9. The molecular formula is C14H18N2O3. The van der Waals surface area contributed by atoms with Gasteiger partial charge in [-0.15, -0.1) is 0 Å². The third kappa shape index (κ3) is 2.86. The monoisotopic (exact) mass is 262 g/mol. The average Bonchev–Trinajstić information content (AvgIpc) is 2.51. The number of nitrogens with zero attached hydrogens (tertiary/aromatic N) is 1. The molecule has 1 heterocycles. The van der Waals surface area contributed by atoms with E-state index in [1.165, 1.54) is 0 Å². The Hall–Kier alpha value is -2.04. The Morgan fingerprint density at radius 3 is 2.84 bits per heavy atom. The van der Waals surface area contributed by atoms with Crippen molar-refractivity contribution in [2.45, 2.75) is 19.9 Å². The number of rotatable bonds is 2. The van der Waals surface area contributed by atoms with Gasteiger partial charge in [0.2, 0.25) is 5.91 Å². The molecule has 2 N–H and O–H groups in total. The van der Waals surface area contributed by atoms with E-state index in [1.807, 2.05) is 36.1 Å². The van der Waals surface area contributed by atoms with Gasteiger partial charge in [-0.2, -0.15) is 0 Å². The number of carbonyl (C=O) groups is 2. The zero-order valence-corrected chi connectivity index (χ0v) is 11.1. The quantitative estimate of drug-likeness (QED) is 0.835. The molecule has 5 nitrogen and oxygen atoms in total. The average molecular weight is 262 g/mol. The largest absolute Gasteiger partial charge is 0.481 e. The first-order valence-corrected chi connectivity index (χ1v) is 6.33. The molecule has 0 radical (unpaired) electrons. The predicted octanol–water partition coefficient (Wildman–Crippen LogP) is 1.02. The van der Waals surface area contributed by atoms with E-state index in [1.54, 1.807) is 6.92 Å². The number of hydrogen-bond donors (Lipinski definition) is 2. The van der Waals surface area contributed by atoms with Crippen LogP contribution < -0.4 is 10.2 Å². The van der Waals surface area contributed by atoms with E-state index in [0.29, 0.717) is 6.54 Å². The summed E-state index contributed by atoms with van der Waals surface area (Å²) in [6.07, 6.45) is 0. The number of benzene rings is 1. The SMILES string of the molecule is Cc1cccc(N2CC(C(=O)O)CNC(=O)C2C)c1. The van der Waals surface area contributed by atoms with Crippen molar-refractivity contribution in [1.82, 2.24) is 5.32 Å². The maximum Gasteiger partial charge on any atom is 0.310 e. The summed E-state index contributed by atoms with van der Waals surface area (Å²) < 4.78 is 0. The van der Waals surface area contributed by atoms with Gasteiger partial charge in [-0.25, -0.2) is 0 Å². The van der Waals surface area contributed by atoms with Gasteiger partial charge < -0.3 is 15.3 Å². The second-order valence-corrected chi connectivity index (χ2v) is 4.95. The van der Waals surface area contributed by atoms with Gasteiger partial charge in [0.05, 0.1) is 5.92 Å². The minimum Gasteiger partial charge on any atom is -0.481 e. The number of carboxylic acid groups (broad SMARTS) is 1. The van der Waals surface area contributed by atoms with E-state index in [9.17, 15) is 14.7 Å². The standard InChI is InChI=1S/C14H18N2O3/c1-9-4-3-5-12(6-9)16-8-11(14(18)19)7-15-13(17)10(16)2/h3-6,10-11H,7-8H2,1-2H3,(H,15,17)(H,18,19). The fraction of sp³-hybridized carbons (Fsp3) is 0.429. The van der Waals surface area contributed by atoms with Crippen molar-refractivity contribution in [2.75, 3.05) is 18.0 Å². The smallest absolute Gasteiger partial charge is 0.310 e. The minimum atomic E-state index is -0.882. The highest BCUT2D eigenvalue weighted by Crippen LogP contribution is 2.22. The van der Waals surface area contributed by atoms with Crippen molar-refractivity contribution in [1.29, 1.82) is 0 Å². The van der Waals surface area contributed by atoms with E-state index in [4.69, 9.17) is 0 Å². The second kappa shape index (κ2) is 5.30. The minimum absolute atomic E-state index is 0.134. The lowest BCUT2D eigenvalue weighted by molar-refractivity contribution is -0.141. The molecule has 1 aromatic rings. The van der Waals surface area contributed by atoms with Crippen LogP contribution in [0, 0.1) is 12.8 Å². The number of nitrogens with one attached hydrogen (secondary N) is 1. The molecule has 1 saturated heterocycles. The molecule has 0 spiro atoms. The van der Waals surface area contributed by atoms with Crippen molar-refractivity contribution in [2.24, 2.45) is 5.92 Å². The molecule has 2 rings (SSSR count). The summed E-state index contributed by atoms with van der Waals surface area (Å²) >= 11 is 0. The molecule has 1 aromatic carbocycles. The molecule has 0 bridgehead atoms. The summed E-state index contributed by atoms with van der Waals surface area (Å²) in [4.78, 5) is 24.9. The van der Waals surface area contributed by atoms with Crippen molar-refractivity contribution >= 4 is 17.6 Å². The van der Waals surface area contributed by atoms with Crippen molar-refractivity contribution < 1.29 is 14.7 Å². The Morgan fingerprint density at radius 2 is 2.21 bits per heavy atom. The lowest BCUT2D eigenvalue weighted by Crippen LogP contribution is -2.42. The van der Waals surface area contributed by atoms with Gasteiger partial charge in [0.25, 0.3) is 0 Å². The van der Waals surface area contributed by atoms with Crippen LogP contribution in [0.15, 0.2) is 24.3 Å². The maximum absolute atomic E-state index is 11.9. The summed E-state index contributed by atoms with van der Waals surface area (Å²) in [5, 5.41) is 11.9. The molecular weight excluding hydrogens is 244 g/mol. The van der Waals surface area contributed by atoms with Gasteiger partial charge >= 0.3 is 5.97 Å². The summed E-state index contributed by atoms with van der Waals surface area (Å²) in [7, 11) is 0. The Kier molecular flexibility index (Phi) is 3.74. The summed E-state index contributed by atoms with van der Waals surface area (Å²) in [5.41, 5.74) is 1.97. The van der Waals surface area contributed by atoms with Gasteiger partial charge in [0, 0.05) is 18.8 Å². The van der Waals surface area contributed by atoms with E-state index in [2.05, 4.69) is 5.32 Å². The van der Waals surface area contributed by atoms with Crippen molar-refractivity contribution in [3.63, 3.8) is 0 Å². The zero-order valence-electron chi connectivity index (χ0n) is 11.1. The Labute approximate surface area is 112 Å². The fourth-order valence-electron chi connectivity index (χ4n) is 2.27. The van der Waals surface area contributed by atoms with Crippen LogP contribution in [0.5, 0.6) is 0 Å². The van der Waals surface area contributed by atoms with Crippen LogP contribution in [0.3, 0.4) is 0 Å². The van der Waals surface area contributed by atoms with Crippen molar-refractivity contribution in [3.05, 3.63) is 29.8 Å². The molecule has 0 aliphatic carbocycles. The van der Waals surface area contributed by atoms with Crippen LogP contribution >= 0.6 is 0 Å². The number of amides is 1. The van der Waals surface area contributed by atoms with Crippen LogP contribution in [0.1, 0.15) is 12.5 Å². The van der Waals surface area contributed by atoms with E-state index in [0.717, 1.165) is 11.3 Å². The molecule has 1 aliphatic heterocycles. The first kappa shape index (κ1) is 13.4. The molecule has 1 aliphatic rings. The summed E-state index contributed by atoms with van der Waals surface area (Å²) in [5.74, 6) is -1.60. The molecule has 2 atom stereocenters. The first-order valence-electron chi connectivity index (χ1n) is 6.33. The first-order chi connectivity index (χ1) is 8.99. The molecule has 0 saturated carbocycles. The second-order valence-electron chi connectivity index (χ2n) is 4.95. The zero-order chi connectivity index (χ0) is 14.0. The topological polar surface area (TPSA) is 69.6 Å². The van der Waals surface area contributed by atoms with Crippen molar-refractivity contribution in [3.8, 4) is 0 Å². The molecule has 102 valence electrons. The highest BCUT2D eigenvalue weighted by Gasteiger charge is 2.31. The normalized spacial score (nSPS) is 23.7. The fourth-order valence-corrected chi connectivity index (χ4v) is 2.27. The molecule has 19 heavy (non-hydrogen) atoms. The van der Waals surface area contributed by atoms with Gasteiger partial charge in [-0.3, -0.25) is 9.59 Å².